The van der Waals surface area contributed by atoms with Crippen molar-refractivity contribution in [1.82, 2.24) is 5.32 Å². The molecule has 1 aliphatic carbocycles. The standard InChI is InChI=1S/C17H26BrNO2/c1-4-10-19-14(11-12-6-5-7-12)13-8-9-15(20-2)16(18)17(13)21-3/h8-9,12,14,19H,4-7,10-11H2,1-3H3. The molecule has 0 heterocycles. The minimum atomic E-state index is 0.354. The monoisotopic (exact) mass is 355 g/mol. The van der Waals surface area contributed by atoms with Crippen LogP contribution in [0.2, 0.25) is 0 Å². The van der Waals surface area contributed by atoms with Crippen molar-refractivity contribution < 1.29 is 9.47 Å². The van der Waals surface area contributed by atoms with E-state index in [-0.39, 0.29) is 0 Å². The van der Waals surface area contributed by atoms with E-state index in [1.807, 2.05) is 6.07 Å². The van der Waals surface area contributed by atoms with Gasteiger partial charge in [0.05, 0.1) is 14.2 Å². The smallest absolute Gasteiger partial charge is 0.141 e. The van der Waals surface area contributed by atoms with Crippen molar-refractivity contribution in [3.63, 3.8) is 0 Å². The first-order valence-corrected chi connectivity index (χ1v) is 8.64. The normalized spacial score (nSPS) is 16.4. The Balaban J connectivity index is 2.26. The predicted octanol–water partition coefficient (Wildman–Crippen LogP) is 4.70. The Morgan fingerprint density at radius 1 is 1.29 bits per heavy atom. The van der Waals surface area contributed by atoms with E-state index in [0.717, 1.165) is 34.9 Å². The van der Waals surface area contributed by atoms with Crippen LogP contribution < -0.4 is 14.8 Å². The maximum atomic E-state index is 5.65. The summed E-state index contributed by atoms with van der Waals surface area (Å²) < 4.78 is 11.9. The maximum Gasteiger partial charge on any atom is 0.141 e. The molecule has 1 unspecified atom stereocenters. The maximum absolute atomic E-state index is 5.65. The second-order valence-corrected chi connectivity index (χ2v) is 6.54. The van der Waals surface area contributed by atoms with Crippen LogP contribution in [0, 0.1) is 5.92 Å². The zero-order valence-corrected chi connectivity index (χ0v) is 14.8. The van der Waals surface area contributed by atoms with E-state index in [1.165, 1.54) is 31.2 Å². The van der Waals surface area contributed by atoms with E-state index in [0.29, 0.717) is 6.04 Å². The van der Waals surface area contributed by atoms with Gasteiger partial charge in [0, 0.05) is 11.6 Å². The molecule has 0 aromatic heterocycles. The lowest BCUT2D eigenvalue weighted by atomic mass is 9.79. The molecule has 4 heteroatoms. The summed E-state index contributed by atoms with van der Waals surface area (Å²) in [5, 5.41) is 3.68. The van der Waals surface area contributed by atoms with Gasteiger partial charge in [0.25, 0.3) is 0 Å². The fraction of sp³-hybridized carbons (Fsp3) is 0.647. The third-order valence-electron chi connectivity index (χ3n) is 4.33. The molecule has 1 aliphatic rings. The van der Waals surface area contributed by atoms with E-state index in [2.05, 4.69) is 34.2 Å². The highest BCUT2D eigenvalue weighted by Gasteiger charge is 2.26. The molecule has 1 atom stereocenters. The molecule has 0 amide bonds. The molecule has 1 saturated carbocycles. The molecular weight excluding hydrogens is 330 g/mol. The van der Waals surface area contributed by atoms with Gasteiger partial charge in [0.1, 0.15) is 16.0 Å². The van der Waals surface area contributed by atoms with Gasteiger partial charge in [-0.25, -0.2) is 0 Å². The van der Waals surface area contributed by atoms with E-state index in [9.17, 15) is 0 Å². The third kappa shape index (κ3) is 3.92. The Morgan fingerprint density at radius 2 is 2.05 bits per heavy atom. The van der Waals surface area contributed by atoms with Gasteiger partial charge in [-0.1, -0.05) is 26.2 Å². The molecule has 1 aromatic carbocycles. The first-order chi connectivity index (χ1) is 10.2. The van der Waals surface area contributed by atoms with Gasteiger partial charge >= 0.3 is 0 Å². The summed E-state index contributed by atoms with van der Waals surface area (Å²) in [4.78, 5) is 0. The summed E-state index contributed by atoms with van der Waals surface area (Å²) >= 11 is 3.61. The number of benzene rings is 1. The van der Waals surface area contributed by atoms with Crippen molar-refractivity contribution in [3.05, 3.63) is 22.2 Å². The molecule has 1 N–H and O–H groups in total. The highest BCUT2D eigenvalue weighted by atomic mass is 79.9. The van der Waals surface area contributed by atoms with E-state index in [4.69, 9.17) is 9.47 Å². The molecule has 0 aliphatic heterocycles. The molecule has 0 radical (unpaired) electrons. The van der Waals surface area contributed by atoms with Crippen LogP contribution in [-0.4, -0.2) is 20.8 Å². The summed E-state index contributed by atoms with van der Waals surface area (Å²) in [6.07, 6.45) is 6.44. The van der Waals surface area contributed by atoms with Crippen LogP contribution in [0.1, 0.15) is 50.6 Å². The molecule has 1 fully saturated rings. The molecule has 118 valence electrons. The predicted molar refractivity (Wildman–Crippen MR) is 90.2 cm³/mol. The largest absolute Gasteiger partial charge is 0.495 e. The number of rotatable bonds is 8. The van der Waals surface area contributed by atoms with Crippen LogP contribution in [0.15, 0.2) is 16.6 Å². The number of hydrogen-bond acceptors (Lipinski definition) is 3. The Kier molecular flexibility index (Phi) is 6.37. The van der Waals surface area contributed by atoms with Gasteiger partial charge in [-0.3, -0.25) is 0 Å². The van der Waals surface area contributed by atoms with Gasteiger partial charge in [-0.15, -0.1) is 0 Å². The summed E-state index contributed by atoms with van der Waals surface area (Å²) in [6, 6.07) is 4.50. The topological polar surface area (TPSA) is 30.5 Å². The van der Waals surface area contributed by atoms with Gasteiger partial charge in [0.15, 0.2) is 0 Å². The SMILES string of the molecule is CCCNC(CC1CCC1)c1ccc(OC)c(Br)c1OC. The highest BCUT2D eigenvalue weighted by molar-refractivity contribution is 9.10. The second-order valence-electron chi connectivity index (χ2n) is 5.74. The minimum Gasteiger partial charge on any atom is -0.495 e. The molecule has 1 aromatic rings. The fourth-order valence-corrected chi connectivity index (χ4v) is 3.58. The van der Waals surface area contributed by atoms with Gasteiger partial charge in [-0.2, -0.15) is 0 Å². The zero-order valence-electron chi connectivity index (χ0n) is 13.2. The van der Waals surface area contributed by atoms with Gasteiger partial charge in [0.2, 0.25) is 0 Å². The van der Waals surface area contributed by atoms with Crippen LogP contribution in [0.25, 0.3) is 0 Å². The summed E-state index contributed by atoms with van der Waals surface area (Å²) in [5.74, 6) is 2.56. The fourth-order valence-electron chi connectivity index (χ4n) is 2.89. The molecule has 0 bridgehead atoms. The van der Waals surface area contributed by atoms with Crippen LogP contribution in [0.5, 0.6) is 11.5 Å². The Morgan fingerprint density at radius 3 is 2.57 bits per heavy atom. The average molecular weight is 356 g/mol. The van der Waals surface area contributed by atoms with E-state index in [1.54, 1.807) is 14.2 Å². The van der Waals surface area contributed by atoms with Crippen molar-refractivity contribution in [2.45, 2.75) is 45.1 Å². The molecule has 3 nitrogen and oxygen atoms in total. The lowest BCUT2D eigenvalue weighted by Crippen LogP contribution is -2.27. The number of ether oxygens (including phenoxy) is 2. The van der Waals surface area contributed by atoms with Crippen molar-refractivity contribution in [3.8, 4) is 11.5 Å². The average Bonchev–Trinajstić information content (AvgIpc) is 2.45. The third-order valence-corrected chi connectivity index (χ3v) is 5.08. The van der Waals surface area contributed by atoms with Gasteiger partial charge < -0.3 is 14.8 Å². The van der Waals surface area contributed by atoms with Crippen molar-refractivity contribution in [1.29, 1.82) is 0 Å². The van der Waals surface area contributed by atoms with Crippen molar-refractivity contribution >= 4 is 15.9 Å². The van der Waals surface area contributed by atoms with E-state index >= 15 is 0 Å². The Labute approximate surface area is 136 Å². The molecule has 0 spiro atoms. The second kappa shape index (κ2) is 8.04. The molecule has 0 saturated heterocycles. The summed E-state index contributed by atoms with van der Waals surface area (Å²) in [6.45, 7) is 3.23. The molecule has 2 rings (SSSR count). The summed E-state index contributed by atoms with van der Waals surface area (Å²) in [7, 11) is 3.41. The lowest BCUT2D eigenvalue weighted by molar-refractivity contribution is 0.258. The van der Waals surface area contributed by atoms with Gasteiger partial charge in [-0.05, 0) is 53.4 Å². The summed E-state index contributed by atoms with van der Waals surface area (Å²) in [5.41, 5.74) is 1.23. The number of hydrogen-bond donors (Lipinski definition) is 1. The van der Waals surface area contributed by atoms with Crippen LogP contribution in [0.4, 0.5) is 0 Å². The van der Waals surface area contributed by atoms with Crippen LogP contribution >= 0.6 is 15.9 Å². The first kappa shape index (κ1) is 16.6. The number of halogens is 1. The quantitative estimate of drug-likeness (QED) is 0.733. The lowest BCUT2D eigenvalue weighted by Gasteiger charge is -2.31. The zero-order chi connectivity index (χ0) is 15.2. The molecular formula is C17H26BrNO2. The van der Waals surface area contributed by atoms with Crippen LogP contribution in [0.3, 0.4) is 0 Å². The van der Waals surface area contributed by atoms with Crippen molar-refractivity contribution in [2.24, 2.45) is 5.92 Å². The first-order valence-electron chi connectivity index (χ1n) is 7.85. The number of nitrogens with one attached hydrogen (secondary N) is 1. The Hall–Kier alpha value is -0.740. The highest BCUT2D eigenvalue weighted by Crippen LogP contribution is 2.43. The minimum absolute atomic E-state index is 0.354. The number of methoxy groups -OCH3 is 2. The Bertz CT molecular complexity index is 460. The van der Waals surface area contributed by atoms with Crippen LogP contribution in [-0.2, 0) is 0 Å². The van der Waals surface area contributed by atoms with E-state index < -0.39 is 0 Å². The van der Waals surface area contributed by atoms with Crippen molar-refractivity contribution in [2.75, 3.05) is 20.8 Å². The molecule has 21 heavy (non-hydrogen) atoms.